The number of amides is 1. The van der Waals surface area contributed by atoms with Crippen molar-refractivity contribution >= 4 is 54.2 Å². The summed E-state index contributed by atoms with van der Waals surface area (Å²) in [5.41, 5.74) is 1.82. The van der Waals surface area contributed by atoms with Crippen LogP contribution in [-0.4, -0.2) is 41.7 Å². The lowest BCUT2D eigenvalue weighted by Crippen LogP contribution is -2.42. The van der Waals surface area contributed by atoms with E-state index in [9.17, 15) is 13.2 Å². The maximum absolute atomic E-state index is 13.7. The van der Waals surface area contributed by atoms with Gasteiger partial charge in [-0.15, -0.1) is 0 Å². The van der Waals surface area contributed by atoms with Gasteiger partial charge < -0.3 is 0 Å². The Hall–Kier alpha value is -2.85. The number of aromatic nitrogens is 2. The summed E-state index contributed by atoms with van der Waals surface area (Å²) in [6.45, 7) is 5.38. The molecule has 2 unspecified atom stereocenters. The summed E-state index contributed by atoms with van der Waals surface area (Å²) in [4.78, 5) is 24.5. The number of rotatable bonds is 6. The van der Waals surface area contributed by atoms with Gasteiger partial charge in [0.05, 0.1) is 27.4 Å². The van der Waals surface area contributed by atoms with Crippen LogP contribution in [0.2, 0.25) is 5.02 Å². The first kappa shape index (κ1) is 25.8. The fraction of sp³-hybridized carbons (Fsp3) is 0.296. The Morgan fingerprint density at radius 3 is 2.49 bits per heavy atom. The van der Waals surface area contributed by atoms with Gasteiger partial charge >= 0.3 is 0 Å². The molecule has 1 aliphatic heterocycles. The molecule has 0 aliphatic carbocycles. The van der Waals surface area contributed by atoms with Crippen molar-refractivity contribution in [3.63, 3.8) is 0 Å². The van der Waals surface area contributed by atoms with Crippen LogP contribution in [0, 0.1) is 11.8 Å². The largest absolute Gasteiger partial charge is 0.278 e. The molecule has 2 aromatic heterocycles. The van der Waals surface area contributed by atoms with Crippen LogP contribution >= 0.6 is 22.9 Å². The Bertz CT molecular complexity index is 1510. The van der Waals surface area contributed by atoms with E-state index in [0.29, 0.717) is 46.3 Å². The third kappa shape index (κ3) is 5.55. The molecule has 0 bridgehead atoms. The van der Waals surface area contributed by atoms with Gasteiger partial charge in [0.2, 0.25) is 10.0 Å². The molecule has 0 spiro atoms. The van der Waals surface area contributed by atoms with Crippen molar-refractivity contribution < 1.29 is 13.2 Å². The third-order valence-electron chi connectivity index (χ3n) is 6.44. The van der Waals surface area contributed by atoms with Crippen LogP contribution in [-0.2, 0) is 16.6 Å². The summed E-state index contributed by atoms with van der Waals surface area (Å²) in [6.07, 6.45) is 2.70. The van der Waals surface area contributed by atoms with E-state index in [4.69, 9.17) is 11.6 Å². The van der Waals surface area contributed by atoms with Crippen molar-refractivity contribution in [2.75, 3.05) is 18.0 Å². The van der Waals surface area contributed by atoms with Crippen molar-refractivity contribution in [2.24, 2.45) is 11.8 Å². The molecule has 3 heterocycles. The Kier molecular flexibility index (Phi) is 7.31. The molecule has 4 aromatic rings. The Labute approximate surface area is 225 Å². The first-order chi connectivity index (χ1) is 17.7. The highest BCUT2D eigenvalue weighted by molar-refractivity contribution is 7.89. The van der Waals surface area contributed by atoms with Gasteiger partial charge in [-0.25, -0.2) is 13.4 Å². The van der Waals surface area contributed by atoms with Gasteiger partial charge in [-0.3, -0.25) is 14.7 Å². The highest BCUT2D eigenvalue weighted by Crippen LogP contribution is 2.33. The minimum atomic E-state index is -3.64. The second-order valence-electron chi connectivity index (χ2n) is 9.61. The number of carbonyl (C=O) groups is 1. The smallest absolute Gasteiger partial charge is 0.260 e. The number of nitrogens with zero attached hydrogens (tertiary/aromatic N) is 4. The number of benzene rings is 2. The molecule has 1 amide bonds. The number of fused-ring (bicyclic) bond motifs is 1. The summed E-state index contributed by atoms with van der Waals surface area (Å²) < 4.78 is 29.0. The van der Waals surface area contributed by atoms with Crippen LogP contribution in [0.1, 0.15) is 36.3 Å². The number of pyridine rings is 1. The standard InChI is InChI=1S/C27H27ClN4O3S2/c1-18-13-19(2)16-31(15-18)37(34,35)23-9-6-20(7-10-23)26(33)32(17-22-5-3-4-12-29-22)27-30-24-11-8-21(28)14-25(24)36-27/h3-12,14,18-19H,13,15-17H2,1-2H3. The molecular formula is C27H27ClN4O3S2. The minimum Gasteiger partial charge on any atom is -0.278 e. The summed E-state index contributed by atoms with van der Waals surface area (Å²) in [6, 6.07) is 17.1. The molecule has 0 radical (unpaired) electrons. The minimum absolute atomic E-state index is 0.191. The number of carbonyl (C=O) groups excluding carboxylic acids is 1. The summed E-state index contributed by atoms with van der Waals surface area (Å²) in [5.74, 6) is 0.325. The summed E-state index contributed by atoms with van der Waals surface area (Å²) >= 11 is 7.52. The number of halogens is 1. The normalized spacial score (nSPS) is 18.7. The van der Waals surface area contributed by atoms with Crippen LogP contribution in [0.25, 0.3) is 10.2 Å². The number of thiazole rings is 1. The van der Waals surface area contributed by atoms with Crippen LogP contribution in [0.15, 0.2) is 71.8 Å². The van der Waals surface area contributed by atoms with E-state index in [1.165, 1.54) is 23.5 Å². The van der Waals surface area contributed by atoms with Crippen molar-refractivity contribution in [1.82, 2.24) is 14.3 Å². The van der Waals surface area contributed by atoms with Gasteiger partial charge in [-0.1, -0.05) is 42.9 Å². The zero-order chi connectivity index (χ0) is 26.2. The number of sulfonamides is 1. The molecule has 0 N–H and O–H groups in total. The van der Waals surface area contributed by atoms with E-state index in [2.05, 4.69) is 23.8 Å². The maximum atomic E-state index is 13.7. The quantitative estimate of drug-likeness (QED) is 0.298. The number of piperidine rings is 1. The lowest BCUT2D eigenvalue weighted by Gasteiger charge is -2.34. The fourth-order valence-electron chi connectivity index (χ4n) is 4.76. The fourth-order valence-corrected chi connectivity index (χ4v) is 7.68. The monoisotopic (exact) mass is 554 g/mol. The second-order valence-corrected chi connectivity index (χ2v) is 13.0. The van der Waals surface area contributed by atoms with E-state index >= 15 is 0 Å². The molecule has 1 fully saturated rings. The first-order valence-corrected chi connectivity index (χ1v) is 14.7. The first-order valence-electron chi connectivity index (χ1n) is 12.1. The van der Waals surface area contributed by atoms with Gasteiger partial charge in [0, 0.05) is 29.9 Å². The van der Waals surface area contributed by atoms with Gasteiger partial charge in [0.25, 0.3) is 5.91 Å². The lowest BCUT2D eigenvalue weighted by molar-refractivity contribution is 0.0984. The summed E-state index contributed by atoms with van der Waals surface area (Å²) in [5, 5.41) is 1.11. The highest BCUT2D eigenvalue weighted by Gasteiger charge is 2.32. The lowest BCUT2D eigenvalue weighted by atomic mass is 9.94. The second kappa shape index (κ2) is 10.5. The Morgan fingerprint density at radius 2 is 1.81 bits per heavy atom. The van der Waals surface area contributed by atoms with Crippen molar-refractivity contribution in [2.45, 2.75) is 31.7 Å². The molecule has 5 rings (SSSR count). The average Bonchev–Trinajstić information content (AvgIpc) is 3.30. The average molecular weight is 555 g/mol. The number of anilines is 1. The SMILES string of the molecule is CC1CC(C)CN(S(=O)(=O)c2ccc(C(=O)N(Cc3ccccn3)c3nc4ccc(Cl)cc4s3)cc2)C1. The highest BCUT2D eigenvalue weighted by atomic mass is 35.5. The number of hydrogen-bond donors (Lipinski definition) is 0. The zero-order valence-electron chi connectivity index (χ0n) is 20.5. The predicted octanol–water partition coefficient (Wildman–Crippen LogP) is 5.86. The molecular weight excluding hydrogens is 528 g/mol. The van der Waals surface area contributed by atoms with Crippen LogP contribution < -0.4 is 4.90 Å². The summed E-state index contributed by atoms with van der Waals surface area (Å²) in [7, 11) is -3.64. The van der Waals surface area contributed by atoms with E-state index in [1.807, 2.05) is 30.3 Å². The topological polar surface area (TPSA) is 83.5 Å². The van der Waals surface area contributed by atoms with E-state index in [0.717, 1.165) is 16.6 Å². The van der Waals surface area contributed by atoms with Crippen molar-refractivity contribution in [3.05, 3.63) is 83.1 Å². The van der Waals surface area contributed by atoms with Crippen LogP contribution in [0.5, 0.6) is 0 Å². The van der Waals surface area contributed by atoms with E-state index < -0.39 is 10.0 Å². The maximum Gasteiger partial charge on any atom is 0.260 e. The molecule has 37 heavy (non-hydrogen) atoms. The molecule has 7 nitrogen and oxygen atoms in total. The molecule has 2 atom stereocenters. The van der Waals surface area contributed by atoms with Gasteiger partial charge in [-0.05, 0) is 72.9 Å². The van der Waals surface area contributed by atoms with Crippen LogP contribution in [0.3, 0.4) is 0 Å². The Morgan fingerprint density at radius 1 is 1.08 bits per heavy atom. The van der Waals surface area contributed by atoms with Gasteiger partial charge in [-0.2, -0.15) is 4.31 Å². The molecule has 1 saturated heterocycles. The van der Waals surface area contributed by atoms with Crippen molar-refractivity contribution in [3.8, 4) is 0 Å². The van der Waals surface area contributed by atoms with E-state index in [1.54, 1.807) is 33.6 Å². The van der Waals surface area contributed by atoms with Gasteiger partial charge in [0.1, 0.15) is 0 Å². The number of hydrogen-bond acceptors (Lipinski definition) is 6. The van der Waals surface area contributed by atoms with E-state index in [-0.39, 0.29) is 17.3 Å². The van der Waals surface area contributed by atoms with Crippen LogP contribution in [0.4, 0.5) is 5.13 Å². The van der Waals surface area contributed by atoms with Crippen molar-refractivity contribution in [1.29, 1.82) is 0 Å². The molecule has 0 saturated carbocycles. The Balaban J connectivity index is 1.45. The third-order valence-corrected chi connectivity index (χ3v) is 9.56. The predicted molar refractivity (Wildman–Crippen MR) is 148 cm³/mol. The molecule has 2 aromatic carbocycles. The molecule has 192 valence electrons. The van der Waals surface area contributed by atoms with Gasteiger partial charge in [0.15, 0.2) is 5.13 Å². The molecule has 1 aliphatic rings. The molecule has 10 heteroatoms. The zero-order valence-corrected chi connectivity index (χ0v) is 22.9.